The van der Waals surface area contributed by atoms with Gasteiger partial charge in [0.1, 0.15) is 60.2 Å². The highest BCUT2D eigenvalue weighted by molar-refractivity contribution is 5.99. The summed E-state index contributed by atoms with van der Waals surface area (Å²) in [6.07, 6.45) is 0.114. The molecule has 1 aliphatic rings. The molecule has 0 bridgehead atoms. The van der Waals surface area contributed by atoms with E-state index >= 15 is 14.4 Å². The highest BCUT2D eigenvalue weighted by Gasteiger charge is 2.46. The number of nitrogens with zero attached hydrogens (tertiary/aromatic N) is 8. The van der Waals surface area contributed by atoms with Crippen LogP contribution in [0.4, 0.5) is 0 Å². The molecule has 6 N–H and O–H groups in total. The number of aromatic nitrogens is 2. The molecule has 528 valence electrons. The predicted octanol–water partition coefficient (Wildman–Crippen LogP) is 3.20. The van der Waals surface area contributed by atoms with Crippen LogP contribution in [0.3, 0.4) is 0 Å². The van der Waals surface area contributed by atoms with Gasteiger partial charge in [-0.15, -0.1) is 0 Å². The maximum atomic E-state index is 15.3. The summed E-state index contributed by atoms with van der Waals surface area (Å²) in [5, 5.41) is 34.6. The highest BCUT2D eigenvalue weighted by atomic mass is 16.6. The Labute approximate surface area is 553 Å². The zero-order valence-corrected chi connectivity index (χ0v) is 60.0. The Morgan fingerprint density at radius 3 is 1.34 bits per heavy atom. The number of carbonyl (C=O) groups is 11. The summed E-state index contributed by atoms with van der Waals surface area (Å²) in [7, 11) is 8.12. The molecular weight excluding hydrogens is 1200 g/mol. The number of aryl methyl sites for hydroxylation is 1. The Kier molecular flexibility index (Phi) is 33.5. The van der Waals surface area contributed by atoms with Crippen molar-refractivity contribution < 1.29 is 67.7 Å². The van der Waals surface area contributed by atoms with Crippen LogP contribution in [-0.2, 0) is 63.9 Å². The van der Waals surface area contributed by atoms with Gasteiger partial charge in [0.05, 0.1) is 18.8 Å². The van der Waals surface area contributed by atoms with Crippen LogP contribution in [-0.4, -0.2) is 236 Å². The van der Waals surface area contributed by atoms with Gasteiger partial charge in [-0.25, -0.2) is 14.8 Å². The van der Waals surface area contributed by atoms with E-state index in [2.05, 4.69) is 31.2 Å². The second kappa shape index (κ2) is 37.9. The second-order valence-electron chi connectivity index (χ2n) is 28.5. The fraction of sp³-hybridized carbons (Fsp3) is 0.776. The Bertz CT molecular complexity index is 2660. The van der Waals surface area contributed by atoms with Crippen molar-refractivity contribution in [2.45, 2.75) is 242 Å². The van der Waals surface area contributed by atoms with Gasteiger partial charge < -0.3 is 65.6 Å². The summed E-state index contributed by atoms with van der Waals surface area (Å²) in [6.45, 7) is 28.7. The Morgan fingerprint density at radius 2 is 0.914 bits per heavy atom. The molecule has 1 aromatic heterocycles. The first-order valence-corrected chi connectivity index (χ1v) is 33.2. The van der Waals surface area contributed by atoms with E-state index in [-0.39, 0.29) is 61.7 Å². The number of aliphatic hydroxyl groups is 2. The van der Waals surface area contributed by atoms with E-state index in [0.717, 1.165) is 14.7 Å². The molecule has 0 spiro atoms. The third-order valence-corrected chi connectivity index (χ3v) is 17.0. The fourth-order valence-electron chi connectivity index (χ4n) is 11.5. The fourth-order valence-corrected chi connectivity index (χ4v) is 11.5. The topological polar surface area (TPSA) is 331 Å². The van der Waals surface area contributed by atoms with Crippen LogP contribution in [0, 0.1) is 47.3 Å². The minimum Gasteiger partial charge on any atom is -0.450 e. The first-order chi connectivity index (χ1) is 43.1. The number of hydrogen-bond donors (Lipinski definition) is 6. The summed E-state index contributed by atoms with van der Waals surface area (Å²) in [6, 6.07) is -10.7. The first kappa shape index (κ1) is 82.3. The molecule has 26 heteroatoms. The molecule has 0 aliphatic carbocycles. The van der Waals surface area contributed by atoms with Gasteiger partial charge in [-0.2, -0.15) is 0 Å². The van der Waals surface area contributed by atoms with Crippen LogP contribution >= 0.6 is 0 Å². The third-order valence-electron chi connectivity index (χ3n) is 17.0. The molecule has 1 aliphatic heterocycles. The smallest absolute Gasteiger partial charge is 0.329 e. The van der Waals surface area contributed by atoms with Crippen LogP contribution in [0.2, 0.25) is 0 Å². The Balaban J connectivity index is 3.03. The SMILES string of the molecule is CC(C)C[C@@H]1NC(=O)[C@H](CC(C)C)N(C)C(=O)[C@@H](C(C)C)OC(=O)[C@H](C)NC(=O)[C@H](CC(C)C)N(C)C(=O)[C@H](CC(C)C)NC(=O)[C@H](CC(C)C)N(C)C(=O)CN(C)C(=O)[C@H]([C@@H](C)O)NC(=O)[C@H]([C@H](O)[C@H](C)CCCc2ncccn2)N(C)C(=O)[C@H](C(C)C)N(C)C1=O. The summed E-state index contributed by atoms with van der Waals surface area (Å²) in [4.78, 5) is 177. The van der Waals surface area contributed by atoms with Gasteiger partial charge in [-0.3, -0.25) is 47.9 Å². The molecule has 2 rings (SSSR count). The van der Waals surface area contributed by atoms with E-state index in [4.69, 9.17) is 4.74 Å². The number of likely N-dealkylation sites (N-methyl/N-ethyl adjacent to an activating group) is 6. The third kappa shape index (κ3) is 24.5. The quantitative estimate of drug-likeness (QED) is 0.108. The lowest BCUT2D eigenvalue weighted by atomic mass is 9.90. The molecule has 1 fully saturated rings. The number of nitrogens with one attached hydrogen (secondary N) is 4. The van der Waals surface area contributed by atoms with E-state index in [9.17, 15) is 48.6 Å². The molecule has 10 amide bonds. The molecule has 2 heterocycles. The molecule has 0 unspecified atom stereocenters. The summed E-state index contributed by atoms with van der Waals surface area (Å²) >= 11 is 0. The lowest BCUT2D eigenvalue weighted by molar-refractivity contribution is -0.166. The summed E-state index contributed by atoms with van der Waals surface area (Å²) in [5.74, 6) is -11.2. The normalized spacial score (nSPS) is 25.8. The zero-order chi connectivity index (χ0) is 71.4. The van der Waals surface area contributed by atoms with Crippen LogP contribution in [0.5, 0.6) is 0 Å². The van der Waals surface area contributed by atoms with Crippen molar-refractivity contribution in [3.8, 4) is 0 Å². The number of aliphatic hydroxyl groups excluding tert-OH is 2. The van der Waals surface area contributed by atoms with Crippen LogP contribution in [0.25, 0.3) is 0 Å². The van der Waals surface area contributed by atoms with Gasteiger partial charge in [0.2, 0.25) is 53.2 Å². The minimum absolute atomic E-state index is 0.0695. The number of esters is 1. The molecular formula is C67H116N12O14. The highest BCUT2D eigenvalue weighted by Crippen LogP contribution is 2.25. The van der Waals surface area contributed by atoms with Crippen LogP contribution in [0.1, 0.15) is 168 Å². The van der Waals surface area contributed by atoms with Gasteiger partial charge in [-0.1, -0.05) is 104 Å². The van der Waals surface area contributed by atoms with Crippen molar-refractivity contribution in [1.29, 1.82) is 0 Å². The lowest BCUT2D eigenvalue weighted by Crippen LogP contribution is -2.64. The van der Waals surface area contributed by atoms with Gasteiger partial charge in [-0.05, 0) is 112 Å². The van der Waals surface area contributed by atoms with E-state index in [0.29, 0.717) is 25.1 Å². The van der Waals surface area contributed by atoms with Crippen LogP contribution in [0.15, 0.2) is 18.5 Å². The van der Waals surface area contributed by atoms with Gasteiger partial charge in [0, 0.05) is 61.1 Å². The van der Waals surface area contributed by atoms with Gasteiger partial charge in [0.15, 0.2) is 6.10 Å². The number of amides is 10. The van der Waals surface area contributed by atoms with Crippen LogP contribution < -0.4 is 21.3 Å². The second-order valence-corrected chi connectivity index (χ2v) is 28.5. The molecule has 1 saturated heterocycles. The number of rotatable bonds is 19. The molecule has 1 aromatic rings. The summed E-state index contributed by atoms with van der Waals surface area (Å²) < 4.78 is 5.91. The standard InChI is InChI=1S/C67H116N12O14/c1-36(2)30-46-62(87)76(20)49(33-39(7)8)58(83)70-44(16)67(92)93-57(42(13)14)66(91)77(21)50(34-40(9)10)60(85)72-47(31-37(3)4)63(88)78(22)54(41(11)12)65(90)79(23)55(56(82)43(15)26-24-27-51-68-28-25-29-69-51)61(86)73-53(45(17)80)64(89)74(18)35-52(81)75(19)48(32-38(5)6)59(84)71-46/h25,28-29,36-50,53-57,80,82H,24,26-27,30-35H2,1-23H3,(H,70,83)(H,71,84)(H,72,85)(H,73,86)/t43-,44+,45-,46+,47+,48+,49+,50+,53+,54+,55+,56-,57-/m1/s1. The number of ether oxygens (including phenoxy) is 1. The van der Waals surface area contributed by atoms with Crippen molar-refractivity contribution in [2.24, 2.45) is 47.3 Å². The average Bonchev–Trinajstić information content (AvgIpc) is 1.05. The molecule has 0 saturated carbocycles. The summed E-state index contributed by atoms with van der Waals surface area (Å²) in [5.41, 5.74) is 0. The lowest BCUT2D eigenvalue weighted by Gasteiger charge is -2.40. The number of carbonyl (C=O) groups excluding carboxylic acids is 11. The molecule has 26 nitrogen and oxygen atoms in total. The van der Waals surface area contributed by atoms with Crippen molar-refractivity contribution in [3.63, 3.8) is 0 Å². The van der Waals surface area contributed by atoms with Crippen molar-refractivity contribution in [2.75, 3.05) is 48.8 Å². The largest absolute Gasteiger partial charge is 0.450 e. The van der Waals surface area contributed by atoms with Crippen molar-refractivity contribution >= 4 is 65.0 Å². The van der Waals surface area contributed by atoms with Gasteiger partial charge >= 0.3 is 5.97 Å². The first-order valence-electron chi connectivity index (χ1n) is 33.2. The van der Waals surface area contributed by atoms with Crippen molar-refractivity contribution in [3.05, 3.63) is 24.3 Å². The Hall–Kier alpha value is -6.83. The van der Waals surface area contributed by atoms with Crippen molar-refractivity contribution in [1.82, 2.24) is 60.6 Å². The molecule has 13 atom stereocenters. The van der Waals surface area contributed by atoms with E-state index in [1.807, 2.05) is 69.2 Å². The minimum atomic E-state index is -1.77. The molecule has 0 aromatic carbocycles. The monoisotopic (exact) mass is 1310 g/mol. The number of hydrogen-bond acceptors (Lipinski definition) is 16. The Morgan fingerprint density at radius 1 is 0.495 bits per heavy atom. The van der Waals surface area contributed by atoms with E-state index in [1.165, 1.54) is 70.8 Å². The zero-order valence-electron chi connectivity index (χ0n) is 60.0. The maximum absolute atomic E-state index is 15.3. The van der Waals surface area contributed by atoms with E-state index in [1.54, 1.807) is 53.1 Å². The molecule has 0 radical (unpaired) electrons. The average molecular weight is 1310 g/mol. The molecule has 93 heavy (non-hydrogen) atoms. The predicted molar refractivity (Wildman–Crippen MR) is 352 cm³/mol. The maximum Gasteiger partial charge on any atom is 0.329 e. The van der Waals surface area contributed by atoms with Gasteiger partial charge in [0.25, 0.3) is 5.91 Å². The number of cyclic esters (lactones) is 1. The van der Waals surface area contributed by atoms with E-state index < -0.39 is 162 Å².